The third kappa shape index (κ3) is 3.46. The fourth-order valence-electron chi connectivity index (χ4n) is 3.70. The van der Waals surface area contributed by atoms with Gasteiger partial charge in [-0.2, -0.15) is 0 Å². The third-order valence-corrected chi connectivity index (χ3v) is 5.30. The summed E-state index contributed by atoms with van der Waals surface area (Å²) in [7, 11) is 0. The highest BCUT2D eigenvalue weighted by Crippen LogP contribution is 2.29. The van der Waals surface area contributed by atoms with E-state index in [1.807, 2.05) is 4.90 Å². The van der Waals surface area contributed by atoms with Crippen molar-refractivity contribution in [2.24, 2.45) is 5.92 Å². The fraction of sp³-hybridized carbons (Fsp3) is 0.938. The molecule has 2 saturated heterocycles. The van der Waals surface area contributed by atoms with Gasteiger partial charge in [-0.1, -0.05) is 13.3 Å². The van der Waals surface area contributed by atoms with Crippen LogP contribution in [0.5, 0.6) is 0 Å². The van der Waals surface area contributed by atoms with Crippen LogP contribution in [0.25, 0.3) is 0 Å². The molecule has 4 nitrogen and oxygen atoms in total. The topological polar surface area (TPSA) is 35.6 Å². The molecule has 3 fully saturated rings. The number of amides is 2. The summed E-state index contributed by atoms with van der Waals surface area (Å²) in [4.78, 5) is 17.0. The molecule has 0 spiro atoms. The summed E-state index contributed by atoms with van der Waals surface area (Å²) in [6.07, 6.45) is 8.71. The predicted molar refractivity (Wildman–Crippen MR) is 80.7 cm³/mol. The predicted octanol–water partition coefficient (Wildman–Crippen LogP) is 2.44. The largest absolute Gasteiger partial charge is 0.335 e. The number of likely N-dealkylation sites (tertiary alicyclic amines) is 2. The summed E-state index contributed by atoms with van der Waals surface area (Å²) < 4.78 is 0. The number of hydrogen-bond donors (Lipinski definition) is 1. The van der Waals surface area contributed by atoms with Crippen molar-refractivity contribution in [1.29, 1.82) is 0 Å². The second-order valence-electron chi connectivity index (χ2n) is 6.85. The summed E-state index contributed by atoms with van der Waals surface area (Å²) in [6.45, 7) is 6.49. The van der Waals surface area contributed by atoms with Crippen molar-refractivity contribution >= 4 is 6.03 Å². The Bertz CT molecular complexity index is 335. The Labute approximate surface area is 122 Å². The maximum absolute atomic E-state index is 12.4. The number of urea groups is 1. The molecular weight excluding hydrogens is 250 g/mol. The lowest BCUT2D eigenvalue weighted by Crippen LogP contribution is -2.51. The van der Waals surface area contributed by atoms with E-state index in [4.69, 9.17) is 0 Å². The molecule has 0 bridgehead atoms. The minimum Gasteiger partial charge on any atom is -0.335 e. The average molecular weight is 279 g/mol. The van der Waals surface area contributed by atoms with Gasteiger partial charge in [-0.05, 0) is 44.4 Å². The molecule has 2 amide bonds. The van der Waals surface area contributed by atoms with Crippen molar-refractivity contribution in [2.75, 3.05) is 26.2 Å². The number of carbonyl (C=O) groups excluding carboxylic acids is 1. The molecule has 114 valence electrons. The fourth-order valence-corrected chi connectivity index (χ4v) is 3.70. The van der Waals surface area contributed by atoms with E-state index in [1.54, 1.807) is 0 Å². The zero-order chi connectivity index (χ0) is 13.9. The van der Waals surface area contributed by atoms with Crippen molar-refractivity contribution < 1.29 is 4.79 Å². The van der Waals surface area contributed by atoms with Gasteiger partial charge in [0.25, 0.3) is 0 Å². The Balaban J connectivity index is 1.42. The smallest absolute Gasteiger partial charge is 0.317 e. The van der Waals surface area contributed by atoms with Gasteiger partial charge in [-0.15, -0.1) is 0 Å². The minimum absolute atomic E-state index is 0.188. The first-order valence-corrected chi connectivity index (χ1v) is 8.55. The first kappa shape index (κ1) is 14.2. The zero-order valence-electron chi connectivity index (χ0n) is 12.8. The van der Waals surface area contributed by atoms with Crippen molar-refractivity contribution in [3.63, 3.8) is 0 Å². The van der Waals surface area contributed by atoms with Gasteiger partial charge >= 0.3 is 6.03 Å². The Morgan fingerprint density at radius 3 is 2.50 bits per heavy atom. The highest BCUT2D eigenvalue weighted by atomic mass is 16.2. The standard InChI is InChI=1S/C16H29N3O/c1-2-13-4-3-9-19(12-13)16(20)17-14-7-10-18(11-8-14)15-5-6-15/h13-15H,2-12H2,1H3,(H,17,20)/t13-/m0/s1. The molecule has 2 aliphatic heterocycles. The second kappa shape index (κ2) is 6.33. The summed E-state index contributed by atoms with van der Waals surface area (Å²) in [6, 6.07) is 1.46. The molecule has 0 aromatic carbocycles. The van der Waals surface area contributed by atoms with Gasteiger partial charge in [0.05, 0.1) is 0 Å². The van der Waals surface area contributed by atoms with Crippen LogP contribution in [-0.4, -0.2) is 54.1 Å². The van der Waals surface area contributed by atoms with E-state index in [0.717, 1.165) is 32.0 Å². The summed E-state index contributed by atoms with van der Waals surface area (Å²) in [5, 5.41) is 3.27. The van der Waals surface area contributed by atoms with Gasteiger partial charge in [-0.3, -0.25) is 0 Å². The molecule has 3 aliphatic rings. The molecule has 4 heteroatoms. The lowest BCUT2D eigenvalue weighted by Gasteiger charge is -2.36. The summed E-state index contributed by atoms with van der Waals surface area (Å²) in [5.74, 6) is 0.714. The van der Waals surface area contributed by atoms with Crippen LogP contribution in [0.4, 0.5) is 4.79 Å². The van der Waals surface area contributed by atoms with Crippen LogP contribution >= 0.6 is 0 Å². The molecule has 1 aliphatic carbocycles. The maximum Gasteiger partial charge on any atom is 0.317 e. The molecular formula is C16H29N3O. The minimum atomic E-state index is 0.188. The van der Waals surface area contributed by atoms with Gasteiger partial charge in [0.2, 0.25) is 0 Å². The first-order chi connectivity index (χ1) is 9.76. The molecule has 1 atom stereocenters. The van der Waals surface area contributed by atoms with E-state index in [9.17, 15) is 4.79 Å². The molecule has 0 radical (unpaired) electrons. The van der Waals surface area contributed by atoms with E-state index >= 15 is 0 Å². The molecule has 1 saturated carbocycles. The summed E-state index contributed by atoms with van der Waals surface area (Å²) in [5.41, 5.74) is 0. The van der Waals surface area contributed by atoms with Crippen molar-refractivity contribution in [1.82, 2.24) is 15.1 Å². The summed E-state index contributed by atoms with van der Waals surface area (Å²) >= 11 is 0. The SMILES string of the molecule is CC[C@H]1CCCN(C(=O)NC2CCN(C3CC3)CC2)C1. The number of rotatable bonds is 3. The molecule has 3 rings (SSSR count). The molecule has 0 unspecified atom stereocenters. The zero-order valence-corrected chi connectivity index (χ0v) is 12.8. The van der Waals surface area contributed by atoms with Crippen molar-refractivity contribution in [3.8, 4) is 0 Å². The Hall–Kier alpha value is -0.770. The van der Waals surface area contributed by atoms with Crippen LogP contribution < -0.4 is 5.32 Å². The van der Waals surface area contributed by atoms with Crippen LogP contribution in [0, 0.1) is 5.92 Å². The number of hydrogen-bond acceptors (Lipinski definition) is 2. The normalized spacial score (nSPS) is 29.4. The molecule has 0 aromatic heterocycles. The van der Waals surface area contributed by atoms with E-state index in [2.05, 4.69) is 17.1 Å². The quantitative estimate of drug-likeness (QED) is 0.861. The number of carbonyl (C=O) groups is 1. The molecule has 1 N–H and O–H groups in total. The van der Waals surface area contributed by atoms with Crippen molar-refractivity contribution in [2.45, 2.75) is 64.0 Å². The van der Waals surface area contributed by atoms with Gasteiger partial charge in [0.1, 0.15) is 0 Å². The lowest BCUT2D eigenvalue weighted by molar-refractivity contribution is 0.148. The Kier molecular flexibility index (Phi) is 4.49. The number of nitrogens with one attached hydrogen (secondary N) is 1. The number of nitrogens with zero attached hydrogens (tertiary/aromatic N) is 2. The first-order valence-electron chi connectivity index (χ1n) is 8.55. The Morgan fingerprint density at radius 2 is 1.85 bits per heavy atom. The van der Waals surface area contributed by atoms with Gasteiger partial charge in [0.15, 0.2) is 0 Å². The monoisotopic (exact) mass is 279 g/mol. The van der Waals surface area contributed by atoms with E-state index in [-0.39, 0.29) is 6.03 Å². The highest BCUT2D eigenvalue weighted by Gasteiger charge is 2.32. The maximum atomic E-state index is 12.4. The highest BCUT2D eigenvalue weighted by molar-refractivity contribution is 5.74. The van der Waals surface area contributed by atoms with E-state index < -0.39 is 0 Å². The van der Waals surface area contributed by atoms with Crippen LogP contribution in [-0.2, 0) is 0 Å². The lowest BCUT2D eigenvalue weighted by atomic mass is 9.96. The van der Waals surface area contributed by atoms with Crippen LogP contribution in [0.15, 0.2) is 0 Å². The van der Waals surface area contributed by atoms with Crippen LogP contribution in [0.1, 0.15) is 51.9 Å². The van der Waals surface area contributed by atoms with Crippen molar-refractivity contribution in [3.05, 3.63) is 0 Å². The van der Waals surface area contributed by atoms with Gasteiger partial charge in [0, 0.05) is 38.3 Å². The van der Waals surface area contributed by atoms with E-state index in [0.29, 0.717) is 12.0 Å². The van der Waals surface area contributed by atoms with Gasteiger partial charge < -0.3 is 15.1 Å². The molecule has 0 aromatic rings. The van der Waals surface area contributed by atoms with Crippen LogP contribution in [0.2, 0.25) is 0 Å². The average Bonchev–Trinajstić information content (AvgIpc) is 3.33. The molecule has 2 heterocycles. The van der Waals surface area contributed by atoms with E-state index in [1.165, 1.54) is 45.2 Å². The Morgan fingerprint density at radius 1 is 1.10 bits per heavy atom. The third-order valence-electron chi connectivity index (χ3n) is 5.30. The number of piperidine rings is 2. The van der Waals surface area contributed by atoms with Gasteiger partial charge in [-0.25, -0.2) is 4.79 Å². The molecule has 20 heavy (non-hydrogen) atoms. The second-order valence-corrected chi connectivity index (χ2v) is 6.85. The van der Waals surface area contributed by atoms with Crippen LogP contribution in [0.3, 0.4) is 0 Å².